The van der Waals surface area contributed by atoms with Gasteiger partial charge in [0.05, 0.1) is 29.8 Å². The van der Waals surface area contributed by atoms with Crippen LogP contribution in [-0.2, 0) is 11.5 Å². The van der Waals surface area contributed by atoms with Gasteiger partial charge in [-0.1, -0.05) is 37.8 Å². The Hall–Kier alpha value is -2.81. The van der Waals surface area contributed by atoms with Crippen LogP contribution in [0.2, 0.25) is 25.7 Å². The van der Waals surface area contributed by atoms with Crippen LogP contribution in [0.4, 0.5) is 4.39 Å². The molecular formula is C27H35FN4O2Si. The average Bonchev–Trinajstić information content (AvgIpc) is 3.25. The highest BCUT2D eigenvalue weighted by Crippen LogP contribution is 2.35. The number of halogens is 1. The molecule has 6 nitrogen and oxygen atoms in total. The van der Waals surface area contributed by atoms with Crippen LogP contribution in [0, 0.1) is 5.82 Å². The van der Waals surface area contributed by atoms with E-state index < -0.39 is 8.07 Å². The lowest BCUT2D eigenvalue weighted by atomic mass is 10.0. The molecule has 0 saturated carbocycles. The molecular weight excluding hydrogens is 459 g/mol. The molecule has 0 unspecified atom stereocenters. The Labute approximate surface area is 208 Å². The number of benzene rings is 1. The number of nitrogens with zero attached hydrogens (tertiary/aromatic N) is 4. The Morgan fingerprint density at radius 3 is 2.54 bits per heavy atom. The number of pyridine rings is 1. The maximum Gasteiger partial charge on any atom is 0.140 e. The van der Waals surface area contributed by atoms with Crippen molar-refractivity contribution in [2.75, 3.05) is 33.9 Å². The summed E-state index contributed by atoms with van der Waals surface area (Å²) in [6.45, 7) is 9.76. The first-order chi connectivity index (χ1) is 16.7. The maximum absolute atomic E-state index is 15.0. The smallest absolute Gasteiger partial charge is 0.140 e. The Bertz CT molecular complexity index is 1200. The molecule has 0 bridgehead atoms. The summed E-state index contributed by atoms with van der Waals surface area (Å²) in [5.41, 5.74) is 4.61. The number of hydrogen-bond acceptors (Lipinski definition) is 5. The Morgan fingerprint density at radius 2 is 1.83 bits per heavy atom. The van der Waals surface area contributed by atoms with Crippen LogP contribution in [0.5, 0.6) is 5.75 Å². The second-order valence-electron chi connectivity index (χ2n) is 10.2. The molecule has 0 spiro atoms. The zero-order valence-corrected chi connectivity index (χ0v) is 22.3. The molecule has 3 aromatic rings. The highest BCUT2D eigenvalue weighted by atomic mass is 28.3. The van der Waals surface area contributed by atoms with Crippen LogP contribution in [0.3, 0.4) is 0 Å². The van der Waals surface area contributed by atoms with Crippen molar-refractivity contribution >= 4 is 13.6 Å². The molecule has 0 fully saturated rings. The first-order valence-corrected chi connectivity index (χ1v) is 15.8. The van der Waals surface area contributed by atoms with E-state index in [1.54, 1.807) is 23.9 Å². The van der Waals surface area contributed by atoms with E-state index in [-0.39, 0.29) is 12.5 Å². The fraction of sp³-hybridized carbons (Fsp3) is 0.407. The molecule has 35 heavy (non-hydrogen) atoms. The van der Waals surface area contributed by atoms with Gasteiger partial charge in [-0.3, -0.25) is 0 Å². The predicted octanol–water partition coefficient (Wildman–Crippen LogP) is 5.79. The van der Waals surface area contributed by atoms with Crippen LogP contribution >= 0.6 is 0 Å². The summed E-state index contributed by atoms with van der Waals surface area (Å²) in [6.07, 6.45) is 3.19. The molecule has 1 aliphatic heterocycles. The van der Waals surface area contributed by atoms with Crippen LogP contribution < -0.4 is 4.74 Å². The second kappa shape index (κ2) is 10.8. The van der Waals surface area contributed by atoms with E-state index in [1.807, 2.05) is 24.3 Å². The number of rotatable bonds is 9. The molecule has 3 heterocycles. The Kier molecular flexibility index (Phi) is 7.84. The van der Waals surface area contributed by atoms with Crippen molar-refractivity contribution in [3.8, 4) is 28.4 Å². The third-order valence-corrected chi connectivity index (χ3v) is 7.90. The van der Waals surface area contributed by atoms with Gasteiger partial charge in [0.25, 0.3) is 0 Å². The van der Waals surface area contributed by atoms with Gasteiger partial charge in [0, 0.05) is 27.8 Å². The minimum Gasteiger partial charge on any atom is -0.496 e. The number of hydrogen-bond donors (Lipinski definition) is 0. The van der Waals surface area contributed by atoms with E-state index in [0.717, 1.165) is 36.9 Å². The summed E-state index contributed by atoms with van der Waals surface area (Å²) in [4.78, 5) is 7.19. The standard InChI is InChI=1S/C27H35FN4O2Si/c1-31-14-12-20(13-15-31)22-9-7-10-23(29-22)24-18-25(27-21(28)8-6-11-26(27)33-2)32(30-24)19-34-16-17-35(3,4)5/h6-12,18H,13-17,19H2,1-5H3. The largest absolute Gasteiger partial charge is 0.496 e. The number of ether oxygens (including phenoxy) is 2. The zero-order chi connectivity index (χ0) is 25.0. The lowest BCUT2D eigenvalue weighted by Crippen LogP contribution is -2.23. The van der Waals surface area contributed by atoms with Gasteiger partial charge in [-0.15, -0.1) is 0 Å². The average molecular weight is 495 g/mol. The number of aromatic nitrogens is 3. The van der Waals surface area contributed by atoms with Crippen molar-refractivity contribution in [1.82, 2.24) is 19.7 Å². The summed E-state index contributed by atoms with van der Waals surface area (Å²) in [5.74, 6) is 0.0929. The summed E-state index contributed by atoms with van der Waals surface area (Å²) >= 11 is 0. The van der Waals surface area contributed by atoms with E-state index in [9.17, 15) is 0 Å². The summed E-state index contributed by atoms with van der Waals surface area (Å²) in [5, 5.41) is 4.80. The fourth-order valence-corrected chi connectivity index (χ4v) is 4.81. The van der Waals surface area contributed by atoms with Crippen molar-refractivity contribution in [3.05, 3.63) is 60.1 Å². The second-order valence-corrected chi connectivity index (χ2v) is 15.9. The normalized spacial score (nSPS) is 14.7. The van der Waals surface area contributed by atoms with Crippen molar-refractivity contribution in [3.63, 3.8) is 0 Å². The number of methoxy groups -OCH3 is 1. The van der Waals surface area contributed by atoms with Crippen LogP contribution in [0.1, 0.15) is 12.1 Å². The third kappa shape index (κ3) is 6.25. The molecule has 186 valence electrons. The molecule has 0 N–H and O–H groups in total. The van der Waals surface area contributed by atoms with Gasteiger partial charge < -0.3 is 14.4 Å². The lowest BCUT2D eigenvalue weighted by Gasteiger charge is -2.21. The SMILES string of the molecule is COc1cccc(F)c1-c1cc(-c2cccc(C3=CCN(C)CC3)n2)nn1COCC[Si](C)(C)C. The maximum atomic E-state index is 15.0. The van der Waals surface area contributed by atoms with Crippen molar-refractivity contribution in [2.24, 2.45) is 0 Å². The Balaban J connectivity index is 1.69. The molecule has 0 saturated heterocycles. The first-order valence-electron chi connectivity index (χ1n) is 12.1. The molecule has 0 atom stereocenters. The van der Waals surface area contributed by atoms with E-state index in [2.05, 4.69) is 37.7 Å². The lowest BCUT2D eigenvalue weighted by molar-refractivity contribution is 0.0799. The monoisotopic (exact) mass is 494 g/mol. The van der Waals surface area contributed by atoms with Gasteiger partial charge >= 0.3 is 0 Å². The summed E-state index contributed by atoms with van der Waals surface area (Å²) in [7, 11) is 2.44. The molecule has 0 radical (unpaired) electrons. The predicted molar refractivity (Wildman–Crippen MR) is 142 cm³/mol. The minimum atomic E-state index is -1.22. The molecule has 0 amide bonds. The first kappa shape index (κ1) is 25.3. The fourth-order valence-electron chi connectivity index (χ4n) is 4.05. The van der Waals surface area contributed by atoms with Gasteiger partial charge in [-0.2, -0.15) is 5.10 Å². The van der Waals surface area contributed by atoms with Crippen LogP contribution in [0.15, 0.2) is 48.5 Å². The molecule has 8 heteroatoms. The van der Waals surface area contributed by atoms with Crippen molar-refractivity contribution in [2.45, 2.75) is 38.8 Å². The molecule has 1 aromatic carbocycles. The van der Waals surface area contributed by atoms with Crippen molar-refractivity contribution < 1.29 is 13.9 Å². The van der Waals surface area contributed by atoms with E-state index in [1.165, 1.54) is 11.6 Å². The van der Waals surface area contributed by atoms with Gasteiger partial charge in [-0.25, -0.2) is 14.1 Å². The van der Waals surface area contributed by atoms with E-state index in [4.69, 9.17) is 19.6 Å². The highest BCUT2D eigenvalue weighted by molar-refractivity contribution is 6.76. The van der Waals surface area contributed by atoms with Crippen molar-refractivity contribution in [1.29, 1.82) is 0 Å². The highest BCUT2D eigenvalue weighted by Gasteiger charge is 2.21. The quantitative estimate of drug-likeness (QED) is 0.278. The van der Waals surface area contributed by atoms with Gasteiger partial charge in [0.15, 0.2) is 0 Å². The van der Waals surface area contributed by atoms with Crippen LogP contribution in [0.25, 0.3) is 28.2 Å². The Morgan fingerprint density at radius 1 is 1.06 bits per heavy atom. The van der Waals surface area contributed by atoms with E-state index in [0.29, 0.717) is 29.3 Å². The van der Waals surface area contributed by atoms with E-state index >= 15 is 4.39 Å². The summed E-state index contributed by atoms with van der Waals surface area (Å²) < 4.78 is 28.2. The van der Waals surface area contributed by atoms with Gasteiger partial charge in [0.2, 0.25) is 0 Å². The molecule has 2 aromatic heterocycles. The topological polar surface area (TPSA) is 52.4 Å². The summed E-state index contributed by atoms with van der Waals surface area (Å²) in [6, 6.07) is 13.7. The van der Waals surface area contributed by atoms with Gasteiger partial charge in [-0.05, 0) is 55.4 Å². The third-order valence-electron chi connectivity index (χ3n) is 6.19. The number of likely N-dealkylation sites (N-methyl/N-ethyl adjacent to an activating group) is 1. The minimum absolute atomic E-state index is 0.231. The molecule has 4 rings (SSSR count). The molecule has 0 aliphatic carbocycles. The van der Waals surface area contributed by atoms with Gasteiger partial charge in [0.1, 0.15) is 24.0 Å². The molecule has 1 aliphatic rings. The van der Waals surface area contributed by atoms with Crippen LogP contribution in [-0.4, -0.2) is 61.6 Å². The zero-order valence-electron chi connectivity index (χ0n) is 21.3.